The van der Waals surface area contributed by atoms with Crippen LogP contribution in [0.2, 0.25) is 0 Å². The van der Waals surface area contributed by atoms with Gasteiger partial charge in [-0.2, -0.15) is 13.2 Å². The zero-order valence-corrected chi connectivity index (χ0v) is 4.87. The minimum absolute atomic E-state index is 0.0901. The second kappa shape index (κ2) is 1.93. The van der Waals surface area contributed by atoms with E-state index in [1.165, 1.54) is 0 Å². The van der Waals surface area contributed by atoms with Crippen LogP contribution in [0.5, 0.6) is 0 Å². The Bertz CT molecular complexity index is 225. The van der Waals surface area contributed by atoms with Crippen LogP contribution < -0.4 is 5.73 Å². The van der Waals surface area contributed by atoms with E-state index < -0.39 is 11.9 Å². The van der Waals surface area contributed by atoms with E-state index in [0.29, 0.717) is 0 Å². The summed E-state index contributed by atoms with van der Waals surface area (Å²) in [5.41, 5.74) is 4.32. The van der Waals surface area contributed by atoms with Gasteiger partial charge in [-0.15, -0.1) is 0 Å². The van der Waals surface area contributed by atoms with Gasteiger partial charge >= 0.3 is 6.18 Å². The number of hydrogen-bond acceptors (Lipinski definition) is 1. The fourth-order valence-corrected chi connectivity index (χ4v) is 0.575. The van der Waals surface area contributed by atoms with Crippen LogP contribution in [0.25, 0.3) is 0 Å². The van der Waals surface area contributed by atoms with Crippen LogP contribution in [0, 0.1) is 0 Å². The molecule has 0 atom stereocenters. The Hall–Kier alpha value is -1.13. The monoisotopic (exact) mass is 150 g/mol. The van der Waals surface area contributed by atoms with E-state index in [2.05, 4.69) is 0 Å². The van der Waals surface area contributed by atoms with Crippen LogP contribution in [0.4, 0.5) is 18.9 Å². The van der Waals surface area contributed by atoms with Crippen LogP contribution >= 0.6 is 0 Å². The quantitative estimate of drug-likeness (QED) is 0.579. The molecule has 0 saturated carbocycles. The highest BCUT2D eigenvalue weighted by Crippen LogP contribution is 2.28. The first-order chi connectivity index (χ1) is 4.50. The van der Waals surface area contributed by atoms with Gasteiger partial charge in [0.1, 0.15) is 5.69 Å². The number of halogens is 3. The molecule has 0 radical (unpaired) electrons. The van der Waals surface area contributed by atoms with Gasteiger partial charge in [0.05, 0.1) is 0 Å². The molecule has 0 unspecified atom stereocenters. The summed E-state index contributed by atoms with van der Waals surface area (Å²) in [6, 6.07) is 0.847. The van der Waals surface area contributed by atoms with Crippen LogP contribution in [-0.4, -0.2) is 4.98 Å². The van der Waals surface area contributed by atoms with Crippen molar-refractivity contribution in [3.05, 3.63) is 18.0 Å². The zero-order valence-electron chi connectivity index (χ0n) is 4.87. The third-order valence-corrected chi connectivity index (χ3v) is 1.01. The van der Waals surface area contributed by atoms with E-state index >= 15 is 0 Å². The molecule has 0 aliphatic heterocycles. The number of nitrogens with one attached hydrogen (secondary N) is 1. The Balaban J connectivity index is 2.96. The average molecular weight is 150 g/mol. The molecule has 0 aromatic carbocycles. The average Bonchev–Trinajstić information content (AvgIpc) is 2.11. The highest BCUT2D eigenvalue weighted by atomic mass is 19.4. The number of hydrogen-bond donors (Lipinski definition) is 2. The summed E-state index contributed by atoms with van der Waals surface area (Å²) < 4.78 is 35.1. The van der Waals surface area contributed by atoms with Crippen molar-refractivity contribution in [2.75, 3.05) is 5.73 Å². The Labute approximate surface area is 54.8 Å². The minimum Gasteiger partial charge on any atom is -0.397 e. The molecule has 0 aliphatic rings. The van der Waals surface area contributed by atoms with Gasteiger partial charge in [-0.05, 0) is 6.07 Å². The van der Waals surface area contributed by atoms with Crippen molar-refractivity contribution in [2.45, 2.75) is 6.18 Å². The maximum Gasteiger partial charge on any atom is 0.431 e. The molecule has 1 aromatic rings. The van der Waals surface area contributed by atoms with E-state index in [1.54, 1.807) is 0 Å². The summed E-state index contributed by atoms with van der Waals surface area (Å²) in [5, 5.41) is 0. The van der Waals surface area contributed by atoms with Crippen molar-refractivity contribution in [3.8, 4) is 0 Å². The first-order valence-electron chi connectivity index (χ1n) is 2.51. The Kier molecular flexibility index (Phi) is 1.35. The predicted molar refractivity (Wildman–Crippen MR) is 30.2 cm³/mol. The standard InChI is InChI=1S/C5H5F3N2/c6-5(7,8)4-1-3(9)2-10-4/h1-2,10H,9H2. The lowest BCUT2D eigenvalue weighted by atomic mass is 10.4. The van der Waals surface area contributed by atoms with Gasteiger partial charge in [0.25, 0.3) is 0 Å². The summed E-state index contributed by atoms with van der Waals surface area (Å²) in [6.45, 7) is 0. The lowest BCUT2D eigenvalue weighted by Crippen LogP contribution is -2.04. The van der Waals surface area contributed by atoms with Gasteiger partial charge in [-0.3, -0.25) is 0 Å². The highest BCUT2D eigenvalue weighted by Gasteiger charge is 2.31. The molecule has 0 bridgehead atoms. The highest BCUT2D eigenvalue weighted by molar-refractivity contribution is 5.38. The third-order valence-electron chi connectivity index (χ3n) is 1.01. The lowest BCUT2D eigenvalue weighted by molar-refractivity contribution is -0.140. The van der Waals surface area contributed by atoms with Gasteiger partial charge in [-0.1, -0.05) is 0 Å². The normalized spacial score (nSPS) is 11.9. The molecule has 0 spiro atoms. The number of H-pyrrole nitrogens is 1. The number of nitrogen functional groups attached to an aromatic ring is 1. The molecular formula is C5H5F3N2. The SMILES string of the molecule is Nc1c[nH]c(C(F)(F)F)c1. The van der Waals surface area contributed by atoms with E-state index in [4.69, 9.17) is 5.73 Å². The Morgan fingerprint density at radius 1 is 1.40 bits per heavy atom. The van der Waals surface area contributed by atoms with Crippen molar-refractivity contribution < 1.29 is 13.2 Å². The van der Waals surface area contributed by atoms with Gasteiger partial charge in [-0.25, -0.2) is 0 Å². The lowest BCUT2D eigenvalue weighted by Gasteiger charge is -2.00. The van der Waals surface area contributed by atoms with Crippen molar-refractivity contribution >= 4 is 5.69 Å². The summed E-state index contributed by atoms with van der Waals surface area (Å²) in [5.74, 6) is 0. The molecule has 1 rings (SSSR count). The largest absolute Gasteiger partial charge is 0.431 e. The number of anilines is 1. The maximum absolute atomic E-state index is 11.7. The minimum atomic E-state index is -4.32. The van der Waals surface area contributed by atoms with Crippen LogP contribution in [-0.2, 0) is 6.18 Å². The molecule has 0 aliphatic carbocycles. The van der Waals surface area contributed by atoms with E-state index in [-0.39, 0.29) is 5.69 Å². The summed E-state index contributed by atoms with van der Waals surface area (Å²) in [6.07, 6.45) is -3.22. The van der Waals surface area contributed by atoms with Gasteiger partial charge in [0.2, 0.25) is 0 Å². The molecule has 2 nitrogen and oxygen atoms in total. The smallest absolute Gasteiger partial charge is 0.397 e. The molecule has 0 fully saturated rings. The maximum atomic E-state index is 11.7. The first-order valence-corrected chi connectivity index (χ1v) is 2.51. The van der Waals surface area contributed by atoms with Gasteiger partial charge < -0.3 is 10.7 Å². The molecule has 10 heavy (non-hydrogen) atoms. The number of alkyl halides is 3. The second-order valence-corrected chi connectivity index (χ2v) is 1.84. The molecule has 1 heterocycles. The third kappa shape index (κ3) is 1.23. The molecule has 56 valence electrons. The molecule has 1 aromatic heterocycles. The van der Waals surface area contributed by atoms with Crippen LogP contribution in [0.3, 0.4) is 0 Å². The van der Waals surface area contributed by atoms with Crippen molar-refractivity contribution in [2.24, 2.45) is 0 Å². The Morgan fingerprint density at radius 3 is 2.20 bits per heavy atom. The van der Waals surface area contributed by atoms with E-state index in [0.717, 1.165) is 12.3 Å². The predicted octanol–water partition coefficient (Wildman–Crippen LogP) is 1.62. The number of nitrogens with two attached hydrogens (primary N) is 1. The fourth-order valence-electron chi connectivity index (χ4n) is 0.575. The zero-order chi connectivity index (χ0) is 7.78. The molecule has 5 heteroatoms. The van der Waals surface area contributed by atoms with Crippen molar-refractivity contribution in [1.82, 2.24) is 4.98 Å². The van der Waals surface area contributed by atoms with Gasteiger partial charge in [0, 0.05) is 11.9 Å². The van der Waals surface area contributed by atoms with E-state index in [9.17, 15) is 13.2 Å². The second-order valence-electron chi connectivity index (χ2n) is 1.84. The van der Waals surface area contributed by atoms with Crippen molar-refractivity contribution in [1.29, 1.82) is 0 Å². The van der Waals surface area contributed by atoms with Crippen molar-refractivity contribution in [3.63, 3.8) is 0 Å². The molecular weight excluding hydrogens is 145 g/mol. The molecule has 0 saturated heterocycles. The molecule has 0 amide bonds. The summed E-state index contributed by atoms with van der Waals surface area (Å²) in [7, 11) is 0. The summed E-state index contributed by atoms with van der Waals surface area (Å²) in [4.78, 5) is 2.00. The van der Waals surface area contributed by atoms with Crippen LogP contribution in [0.15, 0.2) is 12.3 Å². The fraction of sp³-hybridized carbons (Fsp3) is 0.200. The van der Waals surface area contributed by atoms with Crippen LogP contribution in [0.1, 0.15) is 5.69 Å². The number of rotatable bonds is 0. The number of aromatic nitrogens is 1. The molecule has 3 N–H and O–H groups in total. The topological polar surface area (TPSA) is 41.8 Å². The Morgan fingerprint density at radius 2 is 2.00 bits per heavy atom. The van der Waals surface area contributed by atoms with E-state index in [1.807, 2.05) is 4.98 Å². The first kappa shape index (κ1) is 6.98. The number of aromatic amines is 1. The summed E-state index contributed by atoms with van der Waals surface area (Å²) >= 11 is 0. The van der Waals surface area contributed by atoms with Gasteiger partial charge in [0.15, 0.2) is 0 Å².